The fraction of sp³-hybridized carbons (Fsp3) is 0.562. The molecular formula is C32H46Cl2FeN3. The van der Waals surface area contributed by atoms with Crippen LogP contribution < -0.4 is 0 Å². The van der Waals surface area contributed by atoms with E-state index in [2.05, 4.69) is 106 Å². The van der Waals surface area contributed by atoms with Gasteiger partial charge in [-0.1, -0.05) is 96.7 Å². The molecule has 2 aromatic carbocycles. The van der Waals surface area contributed by atoms with E-state index in [0.29, 0.717) is 0 Å². The summed E-state index contributed by atoms with van der Waals surface area (Å²) in [6.07, 6.45) is 3.28. The Morgan fingerprint density at radius 3 is 1.61 bits per heavy atom. The molecule has 1 fully saturated rings. The average molecular weight is 599 g/mol. The van der Waals surface area contributed by atoms with Crippen LogP contribution in [-0.4, -0.2) is 23.5 Å². The van der Waals surface area contributed by atoms with Crippen molar-refractivity contribution in [2.24, 2.45) is 9.98 Å². The topological polar surface area (TPSA) is 38.8 Å². The third-order valence-electron chi connectivity index (χ3n) is 7.16. The summed E-state index contributed by atoms with van der Waals surface area (Å²) in [7, 11) is 9.53. The molecule has 211 valence electrons. The molecule has 0 radical (unpaired) electrons. The van der Waals surface area contributed by atoms with Gasteiger partial charge in [0.25, 0.3) is 0 Å². The summed E-state index contributed by atoms with van der Waals surface area (Å²) in [4.78, 5) is 10.2. The van der Waals surface area contributed by atoms with Gasteiger partial charge in [0.15, 0.2) is 0 Å². The summed E-state index contributed by atoms with van der Waals surface area (Å²) < 4.78 is 0. The summed E-state index contributed by atoms with van der Waals surface area (Å²) >= 11 is 0.194. The van der Waals surface area contributed by atoms with Gasteiger partial charge in [-0.25, -0.2) is 0 Å². The van der Waals surface area contributed by atoms with Crippen molar-refractivity contribution in [1.29, 1.82) is 0 Å². The van der Waals surface area contributed by atoms with Crippen LogP contribution in [-0.2, 0) is 24.0 Å². The molecule has 2 unspecified atom stereocenters. The molecule has 1 aliphatic heterocycles. The summed E-state index contributed by atoms with van der Waals surface area (Å²) in [6.45, 7) is 24.4. The van der Waals surface area contributed by atoms with Crippen LogP contribution >= 0.6 is 20.2 Å². The van der Waals surface area contributed by atoms with E-state index in [1.807, 2.05) is 0 Å². The second-order valence-corrected chi connectivity index (χ2v) is 14.5. The minimum atomic E-state index is 0.0829. The normalized spacial score (nSPS) is 19.2. The number of benzene rings is 2. The van der Waals surface area contributed by atoms with Crippen molar-refractivity contribution in [3.05, 3.63) is 63.5 Å². The molecule has 1 heterocycles. The number of hydrogen-bond donors (Lipinski definition) is 0. The Labute approximate surface area is 246 Å². The first-order valence-electron chi connectivity index (χ1n) is 13.5. The maximum absolute atomic E-state index is 5.23. The van der Waals surface area contributed by atoms with Gasteiger partial charge in [-0.05, 0) is 91.3 Å². The van der Waals surface area contributed by atoms with Crippen LogP contribution in [0.25, 0.3) is 5.32 Å². The minimum absolute atomic E-state index is 0.0829. The van der Waals surface area contributed by atoms with Crippen molar-refractivity contribution >= 4 is 43.0 Å². The van der Waals surface area contributed by atoms with Crippen LogP contribution in [0.4, 0.5) is 11.4 Å². The van der Waals surface area contributed by atoms with Gasteiger partial charge < -0.3 is 5.32 Å². The monoisotopic (exact) mass is 598 g/mol. The Bertz CT molecular complexity index is 1100. The quantitative estimate of drug-likeness (QED) is 0.248. The van der Waals surface area contributed by atoms with Crippen molar-refractivity contribution in [3.63, 3.8) is 0 Å². The number of aryl methyl sites for hydroxylation is 3. The number of rotatable bonds is 4. The molecule has 38 heavy (non-hydrogen) atoms. The van der Waals surface area contributed by atoms with Crippen LogP contribution in [0.3, 0.4) is 0 Å². The van der Waals surface area contributed by atoms with Gasteiger partial charge in [0.2, 0.25) is 0 Å². The van der Waals surface area contributed by atoms with E-state index in [0.717, 1.165) is 42.1 Å². The van der Waals surface area contributed by atoms with E-state index >= 15 is 0 Å². The third kappa shape index (κ3) is 9.49. The first-order valence-corrected chi connectivity index (χ1v) is 16.5. The fourth-order valence-electron chi connectivity index (χ4n) is 4.92. The van der Waals surface area contributed by atoms with Crippen LogP contribution in [0, 0.1) is 20.8 Å². The molecule has 0 saturated carbocycles. The van der Waals surface area contributed by atoms with Crippen LogP contribution in [0.1, 0.15) is 102 Å². The molecular weight excluding hydrogens is 553 g/mol. The Kier molecular flexibility index (Phi) is 12.1. The second kappa shape index (κ2) is 14.0. The summed E-state index contributed by atoms with van der Waals surface area (Å²) in [5, 5.41) is 5.23. The molecule has 3 rings (SSSR count). The van der Waals surface area contributed by atoms with Gasteiger partial charge in [0, 0.05) is 0 Å². The van der Waals surface area contributed by atoms with E-state index in [1.54, 1.807) is 0 Å². The van der Waals surface area contributed by atoms with Crippen molar-refractivity contribution < 1.29 is 13.1 Å². The number of piperidine rings is 1. The molecule has 0 amide bonds. The van der Waals surface area contributed by atoms with E-state index in [-0.39, 0.29) is 36.0 Å². The zero-order valence-corrected chi connectivity index (χ0v) is 27.7. The molecule has 1 aliphatic rings. The van der Waals surface area contributed by atoms with Crippen LogP contribution in [0.2, 0.25) is 0 Å². The molecule has 2 aromatic rings. The summed E-state index contributed by atoms with van der Waals surface area (Å²) in [5.41, 5.74) is 11.0. The third-order valence-corrected chi connectivity index (χ3v) is 7.16. The molecule has 0 aliphatic carbocycles. The predicted octanol–water partition coefficient (Wildman–Crippen LogP) is 10.8. The fourth-order valence-corrected chi connectivity index (χ4v) is 4.92. The molecule has 0 bridgehead atoms. The van der Waals surface area contributed by atoms with Crippen molar-refractivity contribution in [3.8, 4) is 0 Å². The van der Waals surface area contributed by atoms with Gasteiger partial charge in [0.1, 0.15) is 0 Å². The van der Waals surface area contributed by atoms with E-state index in [4.69, 9.17) is 35.5 Å². The molecule has 0 spiro atoms. The van der Waals surface area contributed by atoms with E-state index < -0.39 is 0 Å². The number of hydrogen-bond acceptors (Lipinski definition) is 2. The van der Waals surface area contributed by atoms with E-state index in [9.17, 15) is 0 Å². The average Bonchev–Trinajstić information content (AvgIpc) is 2.80. The van der Waals surface area contributed by atoms with E-state index in [1.165, 1.54) is 27.8 Å². The van der Waals surface area contributed by atoms with Gasteiger partial charge in [-0.15, -0.1) is 0 Å². The number of halogens is 2. The van der Waals surface area contributed by atoms with Gasteiger partial charge in [-0.2, -0.15) is 0 Å². The van der Waals surface area contributed by atoms with Crippen molar-refractivity contribution in [1.82, 2.24) is 0 Å². The Balaban J connectivity index is 0.00000161. The number of aliphatic imine (C=N–C) groups is 2. The second-order valence-electron chi connectivity index (χ2n) is 12.7. The first kappa shape index (κ1) is 33.0. The van der Waals surface area contributed by atoms with Crippen LogP contribution in [0.5, 0.6) is 0 Å². The summed E-state index contributed by atoms with van der Waals surface area (Å²) in [5.74, 6) is 0. The van der Waals surface area contributed by atoms with Gasteiger partial charge in [-0.3, -0.25) is 9.98 Å². The zero-order chi connectivity index (χ0) is 28.8. The zero-order valence-electron chi connectivity index (χ0n) is 25.1. The first-order chi connectivity index (χ1) is 17.6. The van der Waals surface area contributed by atoms with Crippen molar-refractivity contribution in [2.45, 2.75) is 118 Å². The maximum atomic E-state index is 5.23. The SMILES string of the molecule is CC(=Nc1cc(C(C)(C)C)cc(C(C)(C)C)c1)C1CCCC(C(C)=Nc2c(C)cc(C)cc2C)[N-]1.[Cl][Fe+][Cl]. The van der Waals surface area contributed by atoms with Gasteiger partial charge in [0.05, 0.1) is 11.4 Å². The molecule has 1 saturated heterocycles. The molecule has 6 heteroatoms. The Hall–Kier alpha value is -1.16. The molecule has 3 nitrogen and oxygen atoms in total. The summed E-state index contributed by atoms with van der Waals surface area (Å²) in [6, 6.07) is 11.6. The Morgan fingerprint density at radius 1 is 0.763 bits per heavy atom. The number of nitrogens with zero attached hydrogens (tertiary/aromatic N) is 3. The predicted molar refractivity (Wildman–Crippen MR) is 167 cm³/mol. The molecule has 0 aromatic heterocycles. The van der Waals surface area contributed by atoms with Crippen LogP contribution in [0.15, 0.2) is 40.3 Å². The van der Waals surface area contributed by atoms with Gasteiger partial charge >= 0.3 is 33.3 Å². The Morgan fingerprint density at radius 2 is 1.18 bits per heavy atom. The molecule has 0 N–H and O–H groups in total. The molecule has 2 atom stereocenters. The standard InChI is InChI=1S/C32H46N3.2ClH.Fe/c1-20-15-21(2)30(22(3)16-20)34-24(5)29-14-12-13-28(35-29)23(4)33-27-18-25(31(6,7)8)17-26(19-27)32(9,10)11;;;/h15-19,28-29H,12-14H2,1-11H3;2*1H;/q-1;;;+3/p-2. The van der Waals surface area contributed by atoms with Crippen molar-refractivity contribution in [2.75, 3.05) is 0 Å².